The number of rotatable bonds is 0. The lowest BCUT2D eigenvalue weighted by Crippen LogP contribution is -1.92. The molecule has 0 aromatic rings. The van der Waals surface area contributed by atoms with Crippen molar-refractivity contribution in [1.29, 1.82) is 0 Å². The van der Waals surface area contributed by atoms with E-state index < -0.39 is 6.10 Å². The van der Waals surface area contributed by atoms with Crippen LogP contribution in [-0.4, -0.2) is 18.3 Å². The minimum Gasteiger partial charge on any atom is -0.450 e. The average Bonchev–Trinajstić information content (AvgIpc) is 1.61. The van der Waals surface area contributed by atoms with E-state index in [1.54, 1.807) is 6.92 Å². The second-order valence-corrected chi connectivity index (χ2v) is 1.13. The topological polar surface area (TPSA) is 29.5 Å². The minimum absolute atomic E-state index is 0.583. The largest absolute Gasteiger partial charge is 0.450 e. The summed E-state index contributed by atoms with van der Waals surface area (Å²) < 4.78 is 4.33. The molecule has 0 saturated heterocycles. The quantitative estimate of drug-likeness (QED) is 0.433. The summed E-state index contributed by atoms with van der Waals surface area (Å²) in [6.07, 6.45) is 1.66. The van der Waals surface area contributed by atoms with Gasteiger partial charge in [0.15, 0.2) is 0 Å². The van der Waals surface area contributed by atoms with Gasteiger partial charge < -0.3 is 9.84 Å². The van der Waals surface area contributed by atoms with Crippen LogP contribution in [0.5, 0.6) is 0 Å². The lowest BCUT2D eigenvalue weighted by Gasteiger charge is -1.84. The Hall–Kier alpha value is -0.680. The highest BCUT2D eigenvalue weighted by atomic mass is 16.5. The first kappa shape index (κ1) is 6.32. The maximum Gasteiger partial charge on any atom is 0.115 e. The summed E-state index contributed by atoms with van der Waals surface area (Å²) in [6.45, 7) is 1.58. The van der Waals surface area contributed by atoms with Gasteiger partial charge in [-0.3, -0.25) is 0 Å². The number of aliphatic hydroxyl groups is 1. The van der Waals surface area contributed by atoms with Crippen LogP contribution in [-0.2, 0) is 4.74 Å². The molecule has 0 fully saturated rings. The summed E-state index contributed by atoms with van der Waals surface area (Å²) >= 11 is 0. The summed E-state index contributed by atoms with van der Waals surface area (Å²) in [5.41, 5.74) is 0. The van der Waals surface area contributed by atoms with Gasteiger partial charge in [0, 0.05) is 0 Å². The molecule has 0 spiro atoms. The predicted octanol–water partition coefficient (Wildman–Crippen LogP) is -0.0255. The molecular weight excluding hydrogens is 92.1 g/mol. The molecule has 1 atom stereocenters. The molecule has 2 nitrogen and oxygen atoms in total. The maximum atomic E-state index is 8.43. The SMILES string of the molecule is COC#C[C@H](C)O. The highest BCUT2D eigenvalue weighted by molar-refractivity contribution is 4.96. The fourth-order valence-electron chi connectivity index (χ4n) is 0.144. The molecule has 0 aliphatic carbocycles. The molecule has 0 bridgehead atoms. The minimum atomic E-state index is -0.583. The molecule has 0 aromatic heterocycles. The van der Waals surface area contributed by atoms with Crippen molar-refractivity contribution in [2.45, 2.75) is 13.0 Å². The van der Waals surface area contributed by atoms with Crippen molar-refractivity contribution >= 4 is 0 Å². The van der Waals surface area contributed by atoms with Gasteiger partial charge in [0.25, 0.3) is 0 Å². The Bertz CT molecular complexity index is 86.0. The van der Waals surface area contributed by atoms with E-state index in [1.165, 1.54) is 7.11 Å². The number of ether oxygens (including phenoxy) is 1. The molecule has 0 heterocycles. The number of aliphatic hydroxyl groups excluding tert-OH is 1. The van der Waals surface area contributed by atoms with Gasteiger partial charge in [-0.2, -0.15) is 0 Å². The standard InChI is InChI=1S/C5H8O2/c1-5(6)3-4-7-2/h5-6H,1-2H3/t5-/m0/s1. The maximum absolute atomic E-state index is 8.43. The van der Waals surface area contributed by atoms with Crippen molar-refractivity contribution in [2.75, 3.05) is 7.11 Å². The van der Waals surface area contributed by atoms with Crippen LogP contribution in [0.25, 0.3) is 0 Å². The smallest absolute Gasteiger partial charge is 0.115 e. The highest BCUT2D eigenvalue weighted by Crippen LogP contribution is 1.70. The fraction of sp³-hybridized carbons (Fsp3) is 0.600. The molecule has 0 radical (unpaired) electrons. The third kappa shape index (κ3) is 5.32. The summed E-state index contributed by atoms with van der Waals surface area (Å²) in [5.74, 6) is 2.38. The van der Waals surface area contributed by atoms with Gasteiger partial charge in [-0.1, -0.05) is 0 Å². The monoisotopic (exact) mass is 100 g/mol. The van der Waals surface area contributed by atoms with E-state index in [1.807, 2.05) is 0 Å². The number of hydrogen-bond donors (Lipinski definition) is 1. The Kier molecular flexibility index (Phi) is 3.17. The second kappa shape index (κ2) is 3.51. The van der Waals surface area contributed by atoms with E-state index in [4.69, 9.17) is 5.11 Å². The van der Waals surface area contributed by atoms with Gasteiger partial charge in [0.2, 0.25) is 0 Å². The highest BCUT2D eigenvalue weighted by Gasteiger charge is 1.79. The van der Waals surface area contributed by atoms with Crippen LogP contribution in [0.1, 0.15) is 6.92 Å². The molecule has 1 N–H and O–H groups in total. The van der Waals surface area contributed by atoms with E-state index in [-0.39, 0.29) is 0 Å². The Balaban J connectivity index is 3.24. The van der Waals surface area contributed by atoms with Crippen LogP contribution in [0, 0.1) is 12.0 Å². The van der Waals surface area contributed by atoms with Gasteiger partial charge in [0.1, 0.15) is 12.2 Å². The molecule has 0 rings (SSSR count). The molecular formula is C5H8O2. The summed E-state index contributed by atoms with van der Waals surface area (Å²) in [7, 11) is 1.45. The normalized spacial score (nSPS) is 11.3. The molecule has 0 aliphatic rings. The first-order valence-electron chi connectivity index (χ1n) is 1.99. The van der Waals surface area contributed by atoms with Crippen molar-refractivity contribution in [2.24, 2.45) is 0 Å². The third-order valence-corrected chi connectivity index (χ3v) is 0.370. The molecule has 0 amide bonds. The number of methoxy groups -OCH3 is 1. The predicted molar refractivity (Wildman–Crippen MR) is 26.5 cm³/mol. The lowest BCUT2D eigenvalue weighted by atomic mass is 10.4. The summed E-state index contributed by atoms with van der Waals surface area (Å²) in [4.78, 5) is 0. The molecule has 2 heteroatoms. The fourth-order valence-corrected chi connectivity index (χ4v) is 0.144. The Morgan fingerprint density at radius 3 is 2.43 bits per heavy atom. The van der Waals surface area contributed by atoms with Gasteiger partial charge in [-0.25, -0.2) is 0 Å². The molecule has 0 aromatic carbocycles. The molecule has 7 heavy (non-hydrogen) atoms. The van der Waals surface area contributed by atoms with Gasteiger partial charge in [-0.15, -0.1) is 0 Å². The Morgan fingerprint density at radius 2 is 2.29 bits per heavy atom. The van der Waals surface area contributed by atoms with Crippen LogP contribution in [0.15, 0.2) is 0 Å². The van der Waals surface area contributed by atoms with Crippen molar-refractivity contribution < 1.29 is 9.84 Å². The van der Waals surface area contributed by atoms with E-state index in [0.717, 1.165) is 0 Å². The first-order chi connectivity index (χ1) is 3.27. The van der Waals surface area contributed by atoms with Gasteiger partial charge >= 0.3 is 0 Å². The third-order valence-electron chi connectivity index (χ3n) is 0.370. The molecule has 0 unspecified atom stereocenters. The van der Waals surface area contributed by atoms with Crippen LogP contribution < -0.4 is 0 Å². The summed E-state index contributed by atoms with van der Waals surface area (Å²) in [6, 6.07) is 0. The Labute approximate surface area is 43.1 Å². The first-order valence-corrected chi connectivity index (χ1v) is 1.99. The van der Waals surface area contributed by atoms with Crippen LogP contribution in [0.2, 0.25) is 0 Å². The second-order valence-electron chi connectivity index (χ2n) is 1.13. The van der Waals surface area contributed by atoms with E-state index in [2.05, 4.69) is 16.8 Å². The van der Waals surface area contributed by atoms with Crippen LogP contribution in [0.4, 0.5) is 0 Å². The zero-order valence-electron chi connectivity index (χ0n) is 4.43. The molecule has 40 valence electrons. The van der Waals surface area contributed by atoms with Crippen molar-refractivity contribution in [1.82, 2.24) is 0 Å². The van der Waals surface area contributed by atoms with E-state index >= 15 is 0 Å². The molecule has 0 saturated carbocycles. The van der Waals surface area contributed by atoms with Gasteiger partial charge in [0.05, 0.1) is 7.11 Å². The van der Waals surface area contributed by atoms with Crippen LogP contribution >= 0.6 is 0 Å². The average molecular weight is 100 g/mol. The van der Waals surface area contributed by atoms with Gasteiger partial charge in [-0.05, 0) is 12.8 Å². The van der Waals surface area contributed by atoms with Crippen molar-refractivity contribution in [3.8, 4) is 12.0 Å². The van der Waals surface area contributed by atoms with Crippen molar-refractivity contribution in [3.63, 3.8) is 0 Å². The zero-order valence-corrected chi connectivity index (χ0v) is 4.43. The van der Waals surface area contributed by atoms with Crippen LogP contribution in [0.3, 0.4) is 0 Å². The molecule has 0 aliphatic heterocycles. The van der Waals surface area contributed by atoms with E-state index in [9.17, 15) is 0 Å². The lowest BCUT2D eigenvalue weighted by molar-refractivity contribution is 0.251. The summed E-state index contributed by atoms with van der Waals surface area (Å²) in [5, 5.41) is 8.43. The zero-order chi connectivity index (χ0) is 5.70. The number of hydrogen-bond acceptors (Lipinski definition) is 2. The Morgan fingerprint density at radius 1 is 1.71 bits per heavy atom. The van der Waals surface area contributed by atoms with Crippen molar-refractivity contribution in [3.05, 3.63) is 0 Å². The van der Waals surface area contributed by atoms with E-state index in [0.29, 0.717) is 0 Å².